The van der Waals surface area contributed by atoms with Crippen LogP contribution in [0.1, 0.15) is 5.56 Å². The van der Waals surface area contributed by atoms with Gasteiger partial charge in [0.25, 0.3) is 0 Å². The van der Waals surface area contributed by atoms with E-state index in [0.29, 0.717) is 5.82 Å². The van der Waals surface area contributed by atoms with Gasteiger partial charge in [-0.2, -0.15) is 5.10 Å². The quantitative estimate of drug-likeness (QED) is 0.736. The molecule has 0 radical (unpaired) electrons. The smallest absolute Gasteiger partial charge is 0.325 e. The van der Waals surface area contributed by atoms with Crippen LogP contribution in [0.15, 0.2) is 6.20 Å². The number of aromatic nitrogens is 2. The topological polar surface area (TPSA) is 56.1 Å². The van der Waals surface area contributed by atoms with Crippen LogP contribution in [0.3, 0.4) is 0 Å². The van der Waals surface area contributed by atoms with Gasteiger partial charge >= 0.3 is 5.97 Å². The largest absolute Gasteiger partial charge is 0.468 e. The van der Waals surface area contributed by atoms with Crippen molar-refractivity contribution >= 4 is 11.8 Å². The monoisotopic (exact) mass is 215 g/mol. The Morgan fingerprint density at radius 3 is 3.07 bits per heavy atom. The van der Waals surface area contributed by atoms with Crippen molar-refractivity contribution in [1.29, 1.82) is 0 Å². The van der Waals surface area contributed by atoms with Gasteiger partial charge in [-0.15, -0.1) is 0 Å². The molecule has 0 bridgehead atoms. The van der Waals surface area contributed by atoms with Crippen molar-refractivity contribution in [3.63, 3.8) is 0 Å². The lowest BCUT2D eigenvalue weighted by molar-refractivity contribution is -0.138. The number of ether oxygens (including phenoxy) is 1. The first-order valence-electron chi connectivity index (χ1n) is 4.58. The van der Waals surface area contributed by atoms with Crippen molar-refractivity contribution in [3.05, 3.63) is 11.8 Å². The fraction of sp³-hybridized carbons (Fsp3) is 0.556. The highest BCUT2D eigenvalue weighted by Gasteiger charge is 2.06. The molecule has 84 valence electrons. The van der Waals surface area contributed by atoms with Crippen molar-refractivity contribution in [3.8, 4) is 0 Å². The number of carbonyl (C=O) groups excluding carboxylic acids is 1. The van der Waals surface area contributed by atoms with Crippen molar-refractivity contribution in [2.45, 2.75) is 13.5 Å². The predicted octanol–water partition coefficient (Wildman–Crippen LogP) is 0.746. The fourth-order valence-corrected chi connectivity index (χ4v) is 1.12. The second-order valence-electron chi connectivity index (χ2n) is 3.04. The molecule has 5 nitrogen and oxygen atoms in total. The van der Waals surface area contributed by atoms with Crippen molar-refractivity contribution in [2.75, 3.05) is 25.6 Å². The molecule has 0 saturated heterocycles. The van der Waals surface area contributed by atoms with E-state index in [-0.39, 0.29) is 19.1 Å². The molecule has 0 unspecified atom stereocenters. The van der Waals surface area contributed by atoms with E-state index >= 15 is 0 Å². The summed E-state index contributed by atoms with van der Waals surface area (Å²) in [6.07, 6.45) is 1.72. The molecule has 1 rings (SSSR count). The van der Waals surface area contributed by atoms with E-state index in [1.165, 1.54) is 11.8 Å². The van der Waals surface area contributed by atoms with Crippen LogP contribution in [0.25, 0.3) is 0 Å². The number of methoxy groups -OCH3 is 1. The maximum absolute atomic E-state index is 12.0. The number of hydrogen-bond acceptors (Lipinski definition) is 4. The summed E-state index contributed by atoms with van der Waals surface area (Å²) < 4.78 is 18.0. The van der Waals surface area contributed by atoms with Crippen LogP contribution in [0, 0.1) is 6.92 Å². The number of halogens is 1. The molecular formula is C9H14FN3O2. The fourth-order valence-electron chi connectivity index (χ4n) is 1.12. The Morgan fingerprint density at radius 2 is 2.47 bits per heavy atom. The Labute approximate surface area is 87.2 Å². The standard InChI is InChI=1S/C9H14FN3O2/c1-7-6-13(4-3-10)12-9(7)11-5-8(14)15-2/h6H,3-5H2,1-2H3,(H,11,12). The third kappa shape index (κ3) is 3.23. The summed E-state index contributed by atoms with van der Waals surface area (Å²) in [5, 5.41) is 6.88. The Morgan fingerprint density at radius 1 is 1.73 bits per heavy atom. The highest BCUT2D eigenvalue weighted by Crippen LogP contribution is 2.10. The first-order valence-corrected chi connectivity index (χ1v) is 4.58. The highest BCUT2D eigenvalue weighted by molar-refractivity contribution is 5.74. The summed E-state index contributed by atoms with van der Waals surface area (Å²) in [6, 6.07) is 0. The van der Waals surface area contributed by atoms with Gasteiger partial charge in [0.15, 0.2) is 5.82 Å². The van der Waals surface area contributed by atoms with Gasteiger partial charge < -0.3 is 10.1 Å². The lowest BCUT2D eigenvalue weighted by Crippen LogP contribution is -2.16. The number of nitrogens with one attached hydrogen (secondary N) is 1. The molecule has 0 atom stereocenters. The number of esters is 1. The normalized spacial score (nSPS) is 10.1. The van der Waals surface area contributed by atoms with Gasteiger partial charge in [0.2, 0.25) is 0 Å². The van der Waals surface area contributed by atoms with Crippen molar-refractivity contribution in [2.24, 2.45) is 0 Å². The average molecular weight is 215 g/mol. The number of aryl methyl sites for hydroxylation is 2. The van der Waals surface area contributed by atoms with Crippen LogP contribution in [-0.4, -0.2) is 36.1 Å². The lowest BCUT2D eigenvalue weighted by Gasteiger charge is -2.01. The van der Waals surface area contributed by atoms with Crippen molar-refractivity contribution < 1.29 is 13.9 Å². The molecule has 1 N–H and O–H groups in total. The second-order valence-corrected chi connectivity index (χ2v) is 3.04. The van der Waals surface area contributed by atoms with E-state index in [2.05, 4.69) is 15.2 Å². The van der Waals surface area contributed by atoms with Gasteiger partial charge in [-0.1, -0.05) is 0 Å². The molecule has 1 aromatic heterocycles. The van der Waals surface area contributed by atoms with Gasteiger partial charge in [-0.3, -0.25) is 9.48 Å². The van der Waals surface area contributed by atoms with Crippen molar-refractivity contribution in [1.82, 2.24) is 9.78 Å². The van der Waals surface area contributed by atoms with Crippen LogP contribution in [0.5, 0.6) is 0 Å². The van der Waals surface area contributed by atoms with Gasteiger partial charge in [0.05, 0.1) is 13.7 Å². The van der Waals surface area contributed by atoms with E-state index in [9.17, 15) is 9.18 Å². The summed E-state index contributed by atoms with van der Waals surface area (Å²) >= 11 is 0. The lowest BCUT2D eigenvalue weighted by atomic mass is 10.4. The van der Waals surface area contributed by atoms with Gasteiger partial charge in [-0.05, 0) is 6.92 Å². The maximum Gasteiger partial charge on any atom is 0.325 e. The Bertz CT molecular complexity index is 338. The van der Waals surface area contributed by atoms with E-state index < -0.39 is 6.67 Å². The molecule has 0 aliphatic rings. The summed E-state index contributed by atoms with van der Waals surface area (Å²) in [6.45, 7) is 1.66. The molecule has 0 aromatic carbocycles. The van der Waals surface area contributed by atoms with Gasteiger partial charge in [0.1, 0.15) is 13.2 Å². The molecule has 0 spiro atoms. The summed E-state index contributed by atoms with van der Waals surface area (Å²) in [5.41, 5.74) is 0.868. The number of nitrogens with zero attached hydrogens (tertiary/aromatic N) is 2. The molecule has 0 saturated carbocycles. The van der Waals surface area contributed by atoms with E-state index in [4.69, 9.17) is 0 Å². The number of rotatable bonds is 5. The van der Waals surface area contributed by atoms with E-state index in [1.54, 1.807) is 6.20 Å². The number of carbonyl (C=O) groups is 1. The second kappa shape index (κ2) is 5.33. The van der Waals surface area contributed by atoms with Crippen LogP contribution in [0.2, 0.25) is 0 Å². The minimum Gasteiger partial charge on any atom is -0.468 e. The molecule has 15 heavy (non-hydrogen) atoms. The van der Waals surface area contributed by atoms with E-state index in [0.717, 1.165) is 5.56 Å². The van der Waals surface area contributed by atoms with Crippen LogP contribution in [0.4, 0.5) is 10.2 Å². The molecule has 0 amide bonds. The first-order chi connectivity index (χ1) is 7.17. The predicted molar refractivity (Wildman–Crippen MR) is 53.4 cm³/mol. The van der Waals surface area contributed by atoms with E-state index in [1.807, 2.05) is 6.92 Å². The summed E-state index contributed by atoms with van der Waals surface area (Å²) in [4.78, 5) is 10.8. The Balaban J connectivity index is 2.56. The van der Waals surface area contributed by atoms with Gasteiger partial charge in [0, 0.05) is 11.8 Å². The zero-order chi connectivity index (χ0) is 11.3. The minimum absolute atomic E-state index is 0.0595. The van der Waals surface area contributed by atoms with Crippen LogP contribution < -0.4 is 5.32 Å². The molecule has 0 aliphatic heterocycles. The molecule has 0 fully saturated rings. The number of hydrogen-bond donors (Lipinski definition) is 1. The summed E-state index contributed by atoms with van der Waals surface area (Å²) in [7, 11) is 1.32. The molecule has 0 aliphatic carbocycles. The zero-order valence-electron chi connectivity index (χ0n) is 8.79. The third-order valence-electron chi connectivity index (χ3n) is 1.89. The zero-order valence-corrected chi connectivity index (χ0v) is 8.79. The van der Waals surface area contributed by atoms with Crippen LogP contribution in [-0.2, 0) is 16.1 Å². The Hall–Kier alpha value is -1.59. The number of alkyl halides is 1. The molecule has 1 aromatic rings. The average Bonchev–Trinajstić information content (AvgIpc) is 2.56. The maximum atomic E-state index is 12.0. The first kappa shape index (κ1) is 11.5. The Kier molecular flexibility index (Phi) is 4.08. The van der Waals surface area contributed by atoms with Crippen LogP contribution >= 0.6 is 0 Å². The SMILES string of the molecule is COC(=O)CNc1nn(CCF)cc1C. The highest BCUT2D eigenvalue weighted by atomic mass is 19.1. The molecular weight excluding hydrogens is 201 g/mol. The van der Waals surface area contributed by atoms with Gasteiger partial charge in [-0.25, -0.2) is 4.39 Å². The molecule has 6 heteroatoms. The number of anilines is 1. The third-order valence-corrected chi connectivity index (χ3v) is 1.89. The minimum atomic E-state index is -0.461. The summed E-state index contributed by atoms with van der Waals surface area (Å²) in [5.74, 6) is 0.211. The molecule has 1 heterocycles.